The predicted molar refractivity (Wildman–Crippen MR) is 114 cm³/mol. The predicted octanol–water partition coefficient (Wildman–Crippen LogP) is 2.78. The Kier molecular flexibility index (Phi) is 5.72. The number of nitrogens with zero attached hydrogens (tertiary/aromatic N) is 3. The van der Waals surface area contributed by atoms with Crippen LogP contribution in [0.25, 0.3) is 0 Å². The average molecular weight is 431 g/mol. The maximum absolute atomic E-state index is 13.6. The molecule has 1 N–H and O–H groups in total. The van der Waals surface area contributed by atoms with E-state index in [9.17, 15) is 13.2 Å². The molecular formula is C22H30N4O3S. The third-order valence-corrected chi connectivity index (χ3v) is 7.73. The summed E-state index contributed by atoms with van der Waals surface area (Å²) >= 11 is 0. The lowest BCUT2D eigenvalue weighted by atomic mass is 9.78. The van der Waals surface area contributed by atoms with Gasteiger partial charge in [-0.2, -0.15) is 5.10 Å². The second kappa shape index (κ2) is 8.15. The fourth-order valence-electron chi connectivity index (χ4n) is 4.74. The molecule has 8 heteroatoms. The summed E-state index contributed by atoms with van der Waals surface area (Å²) in [4.78, 5) is 18.1. The molecule has 0 unspecified atom stereocenters. The first-order chi connectivity index (χ1) is 14.3. The molecule has 0 aliphatic carbocycles. The number of sulfone groups is 1. The van der Waals surface area contributed by atoms with Gasteiger partial charge in [0.05, 0.1) is 17.9 Å². The third-order valence-electron chi connectivity index (χ3n) is 6.60. The molecule has 2 aliphatic heterocycles. The first-order valence-electron chi connectivity index (χ1n) is 10.6. The van der Waals surface area contributed by atoms with Crippen molar-refractivity contribution >= 4 is 15.7 Å². The van der Waals surface area contributed by atoms with Crippen LogP contribution in [0.3, 0.4) is 0 Å². The monoisotopic (exact) mass is 430 g/mol. The van der Waals surface area contributed by atoms with Gasteiger partial charge in [-0.05, 0) is 44.3 Å². The van der Waals surface area contributed by atoms with Gasteiger partial charge < -0.3 is 4.90 Å². The number of piperidine rings is 1. The Morgan fingerprint density at radius 1 is 1.20 bits per heavy atom. The van der Waals surface area contributed by atoms with E-state index in [2.05, 4.69) is 46.3 Å². The van der Waals surface area contributed by atoms with Crippen LogP contribution in [0.4, 0.5) is 0 Å². The van der Waals surface area contributed by atoms with Crippen LogP contribution >= 0.6 is 0 Å². The molecule has 0 radical (unpaired) electrons. The number of carbonyl (C=O) groups is 1. The summed E-state index contributed by atoms with van der Waals surface area (Å²) in [7, 11) is -3.39. The smallest absolute Gasteiger partial charge is 0.229 e. The highest BCUT2D eigenvalue weighted by molar-refractivity contribution is 7.90. The van der Waals surface area contributed by atoms with Crippen molar-refractivity contribution in [3.05, 3.63) is 47.8 Å². The summed E-state index contributed by atoms with van der Waals surface area (Å²) in [6.07, 6.45) is 5.79. The molecule has 2 fully saturated rings. The van der Waals surface area contributed by atoms with Gasteiger partial charge in [-0.25, -0.2) is 8.42 Å². The van der Waals surface area contributed by atoms with E-state index in [0.717, 1.165) is 45.3 Å². The van der Waals surface area contributed by atoms with Crippen LogP contribution in [0.2, 0.25) is 0 Å². The van der Waals surface area contributed by atoms with Crippen LogP contribution in [-0.2, 0) is 21.2 Å². The molecule has 3 heterocycles. The Morgan fingerprint density at radius 2 is 1.90 bits per heavy atom. The lowest BCUT2D eigenvalue weighted by molar-refractivity contribution is -0.145. The molecule has 1 aromatic heterocycles. The Bertz CT molecular complexity index is 994. The van der Waals surface area contributed by atoms with Crippen molar-refractivity contribution in [1.29, 1.82) is 0 Å². The normalized spacial score (nSPS) is 22.3. The molecule has 30 heavy (non-hydrogen) atoms. The SMILES string of the molecule is CC1(C(=O)N2CCC[C@@H]2c2[nH]ncc2S(C)(=O)=O)CCN(Cc2ccccc2)CC1. The van der Waals surface area contributed by atoms with Crippen molar-refractivity contribution in [1.82, 2.24) is 20.0 Å². The minimum absolute atomic E-state index is 0.137. The minimum atomic E-state index is -3.39. The Hall–Kier alpha value is -2.19. The van der Waals surface area contributed by atoms with Crippen LogP contribution in [0.1, 0.15) is 49.9 Å². The molecule has 1 aromatic carbocycles. The molecule has 2 saturated heterocycles. The molecule has 162 valence electrons. The van der Waals surface area contributed by atoms with Crippen LogP contribution in [-0.4, -0.2) is 60.2 Å². The van der Waals surface area contributed by atoms with Crippen molar-refractivity contribution < 1.29 is 13.2 Å². The van der Waals surface area contributed by atoms with E-state index in [0.29, 0.717) is 12.2 Å². The van der Waals surface area contributed by atoms with Crippen LogP contribution < -0.4 is 0 Å². The number of aromatic nitrogens is 2. The molecule has 4 rings (SSSR count). The summed E-state index contributed by atoms with van der Waals surface area (Å²) in [6, 6.07) is 10.2. The zero-order valence-electron chi connectivity index (χ0n) is 17.7. The highest BCUT2D eigenvalue weighted by atomic mass is 32.2. The number of rotatable bonds is 5. The van der Waals surface area contributed by atoms with Crippen molar-refractivity contribution in [3.8, 4) is 0 Å². The Labute approximate surface area is 178 Å². The molecule has 0 spiro atoms. The van der Waals surface area contributed by atoms with Gasteiger partial charge in [-0.3, -0.25) is 14.8 Å². The fourth-order valence-corrected chi connectivity index (χ4v) is 5.56. The standard InChI is InChI=1S/C22H30N4O3S/c1-22(10-13-25(14-11-22)16-17-7-4-3-5-8-17)21(27)26-12-6-9-18(26)20-19(15-23-24-20)30(2,28)29/h3-5,7-8,15,18H,6,9-14,16H2,1-2H3,(H,23,24)/t18-/m1/s1. The topological polar surface area (TPSA) is 86.4 Å². The molecule has 1 atom stereocenters. The van der Waals surface area contributed by atoms with Gasteiger partial charge in [-0.1, -0.05) is 37.3 Å². The zero-order chi connectivity index (χ0) is 21.4. The number of benzene rings is 1. The summed E-state index contributed by atoms with van der Waals surface area (Å²) in [6.45, 7) is 5.40. The quantitative estimate of drug-likeness (QED) is 0.788. The first-order valence-corrected chi connectivity index (χ1v) is 12.5. The van der Waals surface area contributed by atoms with Gasteiger partial charge >= 0.3 is 0 Å². The van der Waals surface area contributed by atoms with Gasteiger partial charge in [0.25, 0.3) is 0 Å². The maximum Gasteiger partial charge on any atom is 0.229 e. The number of aromatic amines is 1. The molecule has 1 amide bonds. The van der Waals surface area contributed by atoms with Gasteiger partial charge in [0.2, 0.25) is 5.91 Å². The molecule has 0 bridgehead atoms. The van der Waals surface area contributed by atoms with Crippen LogP contribution in [0.15, 0.2) is 41.4 Å². The largest absolute Gasteiger partial charge is 0.334 e. The summed E-state index contributed by atoms with van der Waals surface area (Å²) in [5.74, 6) is 0.137. The van der Waals surface area contributed by atoms with Gasteiger partial charge in [0, 0.05) is 24.8 Å². The Morgan fingerprint density at radius 3 is 2.57 bits per heavy atom. The molecular weight excluding hydrogens is 400 g/mol. The minimum Gasteiger partial charge on any atom is -0.334 e. The first kappa shape index (κ1) is 21.1. The van der Waals surface area contributed by atoms with E-state index in [1.807, 2.05) is 11.0 Å². The summed E-state index contributed by atoms with van der Waals surface area (Å²) < 4.78 is 24.3. The Balaban J connectivity index is 1.45. The van der Waals surface area contributed by atoms with Gasteiger partial charge in [0.1, 0.15) is 4.90 Å². The number of hydrogen-bond acceptors (Lipinski definition) is 5. The number of amides is 1. The number of hydrogen-bond donors (Lipinski definition) is 1. The lowest BCUT2D eigenvalue weighted by Crippen LogP contribution is -2.48. The average Bonchev–Trinajstić information content (AvgIpc) is 3.39. The second-order valence-corrected chi connectivity index (χ2v) is 10.9. The summed E-state index contributed by atoms with van der Waals surface area (Å²) in [5, 5.41) is 6.82. The number of H-pyrrole nitrogens is 1. The van der Waals surface area contributed by atoms with E-state index >= 15 is 0 Å². The molecule has 2 aliphatic rings. The number of likely N-dealkylation sites (tertiary alicyclic amines) is 2. The number of nitrogens with one attached hydrogen (secondary N) is 1. The zero-order valence-corrected chi connectivity index (χ0v) is 18.5. The number of carbonyl (C=O) groups excluding carboxylic acids is 1. The molecule has 7 nitrogen and oxygen atoms in total. The van der Waals surface area contributed by atoms with Crippen LogP contribution in [0.5, 0.6) is 0 Å². The highest BCUT2D eigenvalue weighted by Gasteiger charge is 2.44. The van der Waals surface area contributed by atoms with Gasteiger partial charge in [-0.15, -0.1) is 0 Å². The lowest BCUT2D eigenvalue weighted by Gasteiger charge is -2.41. The molecule has 2 aromatic rings. The van der Waals surface area contributed by atoms with E-state index in [4.69, 9.17) is 0 Å². The van der Waals surface area contributed by atoms with Crippen molar-refractivity contribution in [2.45, 2.75) is 50.1 Å². The van der Waals surface area contributed by atoms with E-state index in [-0.39, 0.29) is 16.8 Å². The van der Waals surface area contributed by atoms with Crippen molar-refractivity contribution in [2.24, 2.45) is 5.41 Å². The van der Waals surface area contributed by atoms with E-state index < -0.39 is 15.3 Å². The fraction of sp³-hybridized carbons (Fsp3) is 0.545. The molecule has 0 saturated carbocycles. The van der Waals surface area contributed by atoms with Gasteiger partial charge in [0.15, 0.2) is 9.84 Å². The van der Waals surface area contributed by atoms with Crippen LogP contribution in [0, 0.1) is 5.41 Å². The highest BCUT2D eigenvalue weighted by Crippen LogP contribution is 2.40. The third kappa shape index (κ3) is 4.16. The maximum atomic E-state index is 13.6. The van der Waals surface area contributed by atoms with Crippen molar-refractivity contribution in [3.63, 3.8) is 0 Å². The summed E-state index contributed by atoms with van der Waals surface area (Å²) in [5.41, 5.74) is 1.43. The van der Waals surface area contributed by atoms with E-state index in [1.165, 1.54) is 18.0 Å². The van der Waals surface area contributed by atoms with E-state index in [1.54, 1.807) is 0 Å². The second-order valence-electron chi connectivity index (χ2n) is 8.90. The van der Waals surface area contributed by atoms with Crippen molar-refractivity contribution in [2.75, 3.05) is 25.9 Å².